The first-order valence-electron chi connectivity index (χ1n) is 10.9. The van der Waals surface area contributed by atoms with Crippen molar-refractivity contribution in [1.29, 1.82) is 0 Å². The van der Waals surface area contributed by atoms with Crippen LogP contribution in [0, 0.1) is 0 Å². The van der Waals surface area contributed by atoms with E-state index >= 15 is 0 Å². The quantitative estimate of drug-likeness (QED) is 0.403. The molecule has 5 nitrogen and oxygen atoms in total. The van der Waals surface area contributed by atoms with Gasteiger partial charge >= 0.3 is 0 Å². The number of oxazole rings is 1. The lowest BCUT2D eigenvalue weighted by Gasteiger charge is -2.31. The molecular weight excluding hydrogens is 410 g/mol. The van der Waals surface area contributed by atoms with Gasteiger partial charge in [0.1, 0.15) is 5.52 Å². The Morgan fingerprint density at radius 3 is 2.55 bits per heavy atom. The number of hydrogen-bond acceptors (Lipinski definition) is 4. The highest BCUT2D eigenvalue weighted by Crippen LogP contribution is 2.40. The molecule has 2 aromatic heterocycles. The van der Waals surface area contributed by atoms with Crippen LogP contribution in [0.25, 0.3) is 22.0 Å². The van der Waals surface area contributed by atoms with Gasteiger partial charge in [0.05, 0.1) is 11.1 Å². The van der Waals surface area contributed by atoms with Crippen LogP contribution in [0.5, 0.6) is 0 Å². The molecule has 2 aromatic carbocycles. The third-order valence-electron chi connectivity index (χ3n) is 6.46. The smallest absolute Gasteiger partial charge is 0.254 e. The molecule has 6 heteroatoms. The van der Waals surface area contributed by atoms with E-state index in [1.165, 1.54) is 12.8 Å². The van der Waals surface area contributed by atoms with E-state index in [2.05, 4.69) is 4.98 Å². The summed E-state index contributed by atoms with van der Waals surface area (Å²) in [7, 11) is 0. The van der Waals surface area contributed by atoms with Crippen molar-refractivity contribution in [2.75, 3.05) is 13.1 Å². The predicted octanol–water partition coefficient (Wildman–Crippen LogP) is 5.93. The molecule has 2 aliphatic rings. The zero-order valence-corrected chi connectivity index (χ0v) is 17.8. The first-order chi connectivity index (χ1) is 15.2. The summed E-state index contributed by atoms with van der Waals surface area (Å²) in [4.78, 5) is 24.9. The molecule has 0 atom stereocenters. The van der Waals surface area contributed by atoms with E-state index in [1.807, 2.05) is 53.4 Å². The van der Waals surface area contributed by atoms with Crippen LogP contribution in [0.4, 0.5) is 0 Å². The Balaban J connectivity index is 1.24. The molecule has 1 aliphatic heterocycles. The lowest BCUT2D eigenvalue weighted by atomic mass is 9.95. The van der Waals surface area contributed by atoms with Gasteiger partial charge in [0.25, 0.3) is 5.91 Å². The number of nitrogens with zero attached hydrogens (tertiary/aromatic N) is 3. The fourth-order valence-corrected chi connectivity index (χ4v) is 4.72. The van der Waals surface area contributed by atoms with Crippen LogP contribution < -0.4 is 0 Å². The predicted molar refractivity (Wildman–Crippen MR) is 121 cm³/mol. The number of carbonyl (C=O) groups excluding carboxylic acids is 1. The summed E-state index contributed by atoms with van der Waals surface area (Å²) < 4.78 is 5.97. The molecule has 0 bridgehead atoms. The zero-order valence-electron chi connectivity index (χ0n) is 17.1. The van der Waals surface area contributed by atoms with E-state index < -0.39 is 0 Å². The van der Waals surface area contributed by atoms with E-state index in [0.717, 1.165) is 52.0 Å². The number of para-hydroxylation sites is 1. The minimum absolute atomic E-state index is 0.100. The van der Waals surface area contributed by atoms with Gasteiger partial charge in [-0.2, -0.15) is 0 Å². The number of halogens is 1. The highest BCUT2D eigenvalue weighted by atomic mass is 35.5. The molecule has 3 heterocycles. The van der Waals surface area contributed by atoms with Crippen molar-refractivity contribution < 1.29 is 9.21 Å². The number of carbonyl (C=O) groups is 1. The Kier molecular flexibility index (Phi) is 4.46. The summed E-state index contributed by atoms with van der Waals surface area (Å²) in [6.07, 6.45) is 4.01. The lowest BCUT2D eigenvalue weighted by molar-refractivity contribution is 0.0708. The number of pyridine rings is 1. The van der Waals surface area contributed by atoms with Crippen molar-refractivity contribution in [3.05, 3.63) is 70.7 Å². The standard InChI is InChI=1S/C25H22ClN3O2/c26-17-7-8-23-22(13-17)28-24(31-23)16-9-11-29(12-10-16)25(30)19-14-21(15-5-6-15)27-20-4-2-1-3-18(19)20/h1-4,7-8,13-16H,5-6,9-12H2. The minimum Gasteiger partial charge on any atom is -0.440 e. The van der Waals surface area contributed by atoms with E-state index in [9.17, 15) is 4.79 Å². The van der Waals surface area contributed by atoms with Crippen LogP contribution in [-0.4, -0.2) is 33.9 Å². The van der Waals surface area contributed by atoms with E-state index in [1.54, 1.807) is 0 Å². The highest BCUT2D eigenvalue weighted by molar-refractivity contribution is 6.31. The third kappa shape index (κ3) is 3.47. The minimum atomic E-state index is 0.100. The topological polar surface area (TPSA) is 59.2 Å². The Hall–Kier alpha value is -2.92. The number of piperidine rings is 1. The number of rotatable bonds is 3. The van der Waals surface area contributed by atoms with Gasteiger partial charge in [0.2, 0.25) is 0 Å². The molecule has 0 N–H and O–H groups in total. The fraction of sp³-hybridized carbons (Fsp3) is 0.320. The number of likely N-dealkylation sites (tertiary alicyclic amines) is 1. The fourth-order valence-electron chi connectivity index (χ4n) is 4.55. The third-order valence-corrected chi connectivity index (χ3v) is 6.69. The monoisotopic (exact) mass is 431 g/mol. The zero-order chi connectivity index (χ0) is 20.9. The molecule has 1 amide bonds. The maximum atomic E-state index is 13.5. The molecular formula is C25H22ClN3O2. The summed E-state index contributed by atoms with van der Waals surface area (Å²) in [6, 6.07) is 15.5. The highest BCUT2D eigenvalue weighted by Gasteiger charge is 2.30. The van der Waals surface area contributed by atoms with Crippen molar-refractivity contribution in [2.45, 2.75) is 37.5 Å². The number of hydrogen-bond donors (Lipinski definition) is 0. The van der Waals surface area contributed by atoms with Gasteiger partial charge in [0.15, 0.2) is 11.5 Å². The summed E-state index contributed by atoms with van der Waals surface area (Å²) in [5, 5.41) is 1.60. The second kappa shape index (κ2) is 7.34. The van der Waals surface area contributed by atoms with Crippen molar-refractivity contribution in [3.8, 4) is 0 Å². The molecule has 1 saturated heterocycles. The average Bonchev–Trinajstić information content (AvgIpc) is 3.57. The van der Waals surface area contributed by atoms with Crippen LogP contribution in [-0.2, 0) is 0 Å². The number of benzene rings is 2. The second-order valence-electron chi connectivity index (χ2n) is 8.62. The summed E-state index contributed by atoms with van der Waals surface area (Å²) in [6.45, 7) is 1.39. The van der Waals surface area contributed by atoms with Crippen molar-refractivity contribution in [3.63, 3.8) is 0 Å². The van der Waals surface area contributed by atoms with E-state index in [4.69, 9.17) is 21.0 Å². The van der Waals surface area contributed by atoms with Gasteiger partial charge in [0, 0.05) is 41.0 Å². The van der Waals surface area contributed by atoms with Crippen molar-refractivity contribution >= 4 is 39.5 Å². The van der Waals surface area contributed by atoms with Crippen LogP contribution in [0.15, 0.2) is 52.9 Å². The molecule has 4 aromatic rings. The van der Waals surface area contributed by atoms with Gasteiger partial charge in [-0.15, -0.1) is 0 Å². The van der Waals surface area contributed by atoms with Crippen LogP contribution in [0.2, 0.25) is 5.02 Å². The maximum Gasteiger partial charge on any atom is 0.254 e. The van der Waals surface area contributed by atoms with Gasteiger partial charge in [-0.25, -0.2) is 4.98 Å². The molecule has 1 aliphatic carbocycles. The number of amides is 1. The molecule has 0 unspecified atom stereocenters. The van der Waals surface area contributed by atoms with Gasteiger partial charge in [-0.1, -0.05) is 29.8 Å². The maximum absolute atomic E-state index is 13.5. The second-order valence-corrected chi connectivity index (χ2v) is 9.05. The molecule has 6 rings (SSSR count). The van der Waals surface area contributed by atoms with Gasteiger partial charge in [-0.3, -0.25) is 9.78 Å². The summed E-state index contributed by atoms with van der Waals surface area (Å²) in [5.74, 6) is 1.57. The Bertz CT molecular complexity index is 1300. The van der Waals surface area contributed by atoms with Crippen LogP contribution >= 0.6 is 11.6 Å². The first-order valence-corrected chi connectivity index (χ1v) is 11.3. The molecule has 156 valence electrons. The van der Waals surface area contributed by atoms with Gasteiger partial charge in [-0.05, 0) is 56.0 Å². The average molecular weight is 432 g/mol. The Morgan fingerprint density at radius 1 is 0.935 bits per heavy atom. The van der Waals surface area contributed by atoms with Crippen LogP contribution in [0.3, 0.4) is 0 Å². The Morgan fingerprint density at radius 2 is 1.74 bits per heavy atom. The molecule has 1 saturated carbocycles. The van der Waals surface area contributed by atoms with E-state index in [-0.39, 0.29) is 11.8 Å². The first kappa shape index (κ1) is 18.8. The SMILES string of the molecule is O=C(c1cc(C2CC2)nc2ccccc12)N1CCC(c2nc3cc(Cl)ccc3o2)CC1. The van der Waals surface area contributed by atoms with Gasteiger partial charge < -0.3 is 9.32 Å². The molecule has 0 spiro atoms. The largest absolute Gasteiger partial charge is 0.440 e. The molecule has 0 radical (unpaired) electrons. The Labute approximate surface area is 185 Å². The number of fused-ring (bicyclic) bond motifs is 2. The lowest BCUT2D eigenvalue weighted by Crippen LogP contribution is -2.38. The van der Waals surface area contributed by atoms with Crippen molar-refractivity contribution in [2.24, 2.45) is 0 Å². The summed E-state index contributed by atoms with van der Waals surface area (Å²) in [5.41, 5.74) is 4.30. The van der Waals surface area contributed by atoms with Crippen molar-refractivity contribution in [1.82, 2.24) is 14.9 Å². The number of aromatic nitrogens is 2. The normalized spacial score (nSPS) is 17.5. The van der Waals surface area contributed by atoms with Crippen LogP contribution in [0.1, 0.15) is 59.5 Å². The molecule has 2 fully saturated rings. The molecule has 31 heavy (non-hydrogen) atoms. The van der Waals surface area contributed by atoms with E-state index in [0.29, 0.717) is 24.0 Å². The summed E-state index contributed by atoms with van der Waals surface area (Å²) >= 11 is 6.07.